The van der Waals surface area contributed by atoms with Gasteiger partial charge in [-0.15, -0.1) is 0 Å². The number of hydrogen-bond donors (Lipinski definition) is 0. The minimum atomic E-state index is 0.310. The van der Waals surface area contributed by atoms with Crippen molar-refractivity contribution in [2.24, 2.45) is 0 Å². The summed E-state index contributed by atoms with van der Waals surface area (Å²) in [5, 5.41) is 7.47. The molecule has 7 aromatic carbocycles. The molecule has 8 aromatic rings. The summed E-state index contributed by atoms with van der Waals surface area (Å²) in [6, 6.07) is 48.7. The molecular formula is C43H36N2. The second kappa shape index (κ2) is 10.7. The Hall–Kier alpha value is -5.21. The van der Waals surface area contributed by atoms with Crippen LogP contribution < -0.4 is 0 Å². The van der Waals surface area contributed by atoms with E-state index in [-0.39, 0.29) is 0 Å². The Morgan fingerprint density at radius 3 is 1.76 bits per heavy atom. The van der Waals surface area contributed by atoms with Crippen LogP contribution in [0.1, 0.15) is 50.7 Å². The topological polar surface area (TPSA) is 17.8 Å². The number of aromatic nitrogens is 2. The van der Waals surface area contributed by atoms with Gasteiger partial charge in [-0.3, -0.25) is 4.57 Å². The van der Waals surface area contributed by atoms with Gasteiger partial charge in [-0.05, 0) is 85.3 Å². The normalized spacial score (nSPS) is 12.0. The fourth-order valence-electron chi connectivity index (χ4n) is 7.02. The highest BCUT2D eigenvalue weighted by molar-refractivity contribution is 6.09. The van der Waals surface area contributed by atoms with Crippen LogP contribution in [0.5, 0.6) is 0 Å². The third-order valence-electron chi connectivity index (χ3n) is 9.29. The number of benzene rings is 7. The van der Waals surface area contributed by atoms with Gasteiger partial charge in [0.05, 0.1) is 16.7 Å². The van der Waals surface area contributed by atoms with Gasteiger partial charge in [0.1, 0.15) is 5.82 Å². The molecular weight excluding hydrogens is 544 g/mol. The van der Waals surface area contributed by atoms with Gasteiger partial charge in [-0.2, -0.15) is 0 Å². The van der Waals surface area contributed by atoms with E-state index in [9.17, 15) is 0 Å². The molecule has 0 saturated carbocycles. The van der Waals surface area contributed by atoms with Gasteiger partial charge in [0.25, 0.3) is 0 Å². The highest BCUT2D eigenvalue weighted by Crippen LogP contribution is 2.42. The van der Waals surface area contributed by atoms with Gasteiger partial charge in [-0.25, -0.2) is 4.98 Å². The van der Waals surface area contributed by atoms with Crippen molar-refractivity contribution in [2.45, 2.75) is 39.5 Å². The SMILES string of the molecule is CC(C)c1cc(-c2ccccc2)cc(C(C)C)c1-n1c(-c2ccc3c(ccc4ccccc43)c2)nc2ccc3ccccc3c21. The Balaban J connectivity index is 1.49. The molecule has 1 aromatic heterocycles. The molecule has 218 valence electrons. The molecule has 0 radical (unpaired) electrons. The third-order valence-corrected chi connectivity index (χ3v) is 9.29. The molecule has 0 unspecified atom stereocenters. The Kier molecular flexibility index (Phi) is 6.53. The second-order valence-corrected chi connectivity index (χ2v) is 12.8. The average molecular weight is 581 g/mol. The number of rotatable bonds is 5. The van der Waals surface area contributed by atoms with Crippen molar-refractivity contribution in [2.75, 3.05) is 0 Å². The van der Waals surface area contributed by atoms with E-state index in [1.54, 1.807) is 0 Å². The van der Waals surface area contributed by atoms with Crippen LogP contribution in [0.25, 0.3) is 71.6 Å². The molecule has 8 rings (SSSR count). The van der Waals surface area contributed by atoms with E-state index in [4.69, 9.17) is 4.98 Å². The molecule has 0 aliphatic carbocycles. The van der Waals surface area contributed by atoms with Crippen molar-refractivity contribution in [3.05, 3.63) is 145 Å². The molecule has 0 N–H and O–H groups in total. The van der Waals surface area contributed by atoms with Crippen LogP contribution in [0.4, 0.5) is 0 Å². The molecule has 0 bridgehead atoms. The minimum Gasteiger partial charge on any atom is -0.291 e. The molecule has 0 amide bonds. The zero-order valence-corrected chi connectivity index (χ0v) is 26.3. The first-order valence-electron chi connectivity index (χ1n) is 16.0. The summed E-state index contributed by atoms with van der Waals surface area (Å²) in [5.41, 5.74) is 9.73. The molecule has 0 fully saturated rings. The summed E-state index contributed by atoms with van der Waals surface area (Å²) in [7, 11) is 0. The van der Waals surface area contributed by atoms with Gasteiger partial charge in [0.15, 0.2) is 0 Å². The molecule has 0 saturated heterocycles. The van der Waals surface area contributed by atoms with Crippen molar-refractivity contribution in [3.8, 4) is 28.2 Å². The quantitative estimate of drug-likeness (QED) is 0.185. The molecule has 2 heteroatoms. The highest BCUT2D eigenvalue weighted by Gasteiger charge is 2.24. The monoisotopic (exact) mass is 580 g/mol. The molecule has 0 atom stereocenters. The molecule has 45 heavy (non-hydrogen) atoms. The van der Waals surface area contributed by atoms with E-state index >= 15 is 0 Å². The first-order chi connectivity index (χ1) is 22.0. The lowest BCUT2D eigenvalue weighted by Crippen LogP contribution is -2.09. The van der Waals surface area contributed by atoms with E-state index < -0.39 is 0 Å². The Labute approximate surface area is 264 Å². The van der Waals surface area contributed by atoms with Crippen molar-refractivity contribution in [1.82, 2.24) is 9.55 Å². The summed E-state index contributed by atoms with van der Waals surface area (Å²) in [6.45, 7) is 9.26. The van der Waals surface area contributed by atoms with E-state index in [0.717, 1.165) is 22.4 Å². The van der Waals surface area contributed by atoms with Crippen LogP contribution in [0, 0.1) is 0 Å². The number of imidazole rings is 1. The highest BCUT2D eigenvalue weighted by atomic mass is 15.1. The summed E-state index contributed by atoms with van der Waals surface area (Å²) >= 11 is 0. The second-order valence-electron chi connectivity index (χ2n) is 12.8. The standard InChI is InChI=1S/C43H36N2/c1-27(2)38-25-34(29-12-6-5-7-13-29)26-39(28(3)4)41(38)45-42-37-17-11-9-15-31(37)21-23-40(42)44-43(45)33-20-22-36-32(24-33)19-18-30-14-8-10-16-35(30)36/h5-28H,1-4H3. The van der Waals surface area contributed by atoms with E-state index in [0.29, 0.717) is 11.8 Å². The van der Waals surface area contributed by atoms with Gasteiger partial charge in [-0.1, -0.05) is 137 Å². The number of hydrogen-bond acceptors (Lipinski definition) is 1. The zero-order chi connectivity index (χ0) is 30.7. The lowest BCUT2D eigenvalue weighted by atomic mass is 9.88. The van der Waals surface area contributed by atoms with Crippen molar-refractivity contribution >= 4 is 43.4 Å². The summed E-state index contributed by atoms with van der Waals surface area (Å²) in [5.74, 6) is 1.60. The van der Waals surface area contributed by atoms with Crippen LogP contribution in [0.3, 0.4) is 0 Å². The number of fused-ring (bicyclic) bond motifs is 6. The summed E-state index contributed by atoms with van der Waals surface area (Å²) < 4.78 is 2.49. The lowest BCUT2D eigenvalue weighted by Gasteiger charge is -2.25. The predicted molar refractivity (Wildman–Crippen MR) is 193 cm³/mol. The van der Waals surface area contributed by atoms with Crippen LogP contribution >= 0.6 is 0 Å². The van der Waals surface area contributed by atoms with Gasteiger partial charge in [0.2, 0.25) is 0 Å². The molecule has 1 heterocycles. The minimum absolute atomic E-state index is 0.310. The van der Waals surface area contributed by atoms with Crippen molar-refractivity contribution in [1.29, 1.82) is 0 Å². The predicted octanol–water partition coefficient (Wildman–Crippen LogP) is 12.1. The van der Waals surface area contributed by atoms with Crippen LogP contribution in [-0.2, 0) is 0 Å². The van der Waals surface area contributed by atoms with E-state index in [2.05, 4.69) is 166 Å². The first kappa shape index (κ1) is 27.3. The maximum absolute atomic E-state index is 5.42. The third kappa shape index (κ3) is 4.52. The smallest absolute Gasteiger partial charge is 0.145 e. The summed E-state index contributed by atoms with van der Waals surface area (Å²) in [4.78, 5) is 5.42. The van der Waals surface area contributed by atoms with E-state index in [1.807, 2.05) is 0 Å². The largest absolute Gasteiger partial charge is 0.291 e. The average Bonchev–Trinajstić information content (AvgIpc) is 3.47. The van der Waals surface area contributed by atoms with Gasteiger partial charge in [0, 0.05) is 10.9 Å². The Morgan fingerprint density at radius 2 is 1.04 bits per heavy atom. The molecule has 0 spiro atoms. The fourth-order valence-corrected chi connectivity index (χ4v) is 7.02. The van der Waals surface area contributed by atoms with Crippen LogP contribution in [0.15, 0.2) is 133 Å². The van der Waals surface area contributed by atoms with Crippen molar-refractivity contribution < 1.29 is 0 Å². The van der Waals surface area contributed by atoms with Crippen LogP contribution in [0.2, 0.25) is 0 Å². The maximum atomic E-state index is 5.42. The van der Waals surface area contributed by atoms with E-state index in [1.165, 1.54) is 60.3 Å². The Bertz CT molecular complexity index is 2350. The molecule has 0 aliphatic rings. The zero-order valence-electron chi connectivity index (χ0n) is 26.3. The number of nitrogens with zero attached hydrogens (tertiary/aromatic N) is 2. The summed E-state index contributed by atoms with van der Waals surface area (Å²) in [6.07, 6.45) is 0. The maximum Gasteiger partial charge on any atom is 0.145 e. The Morgan fingerprint density at radius 1 is 0.467 bits per heavy atom. The van der Waals surface area contributed by atoms with Crippen molar-refractivity contribution in [3.63, 3.8) is 0 Å². The molecule has 0 aliphatic heterocycles. The fraction of sp³-hybridized carbons (Fsp3) is 0.140. The van der Waals surface area contributed by atoms with Gasteiger partial charge < -0.3 is 0 Å². The van der Waals surface area contributed by atoms with Gasteiger partial charge >= 0.3 is 0 Å². The lowest BCUT2D eigenvalue weighted by molar-refractivity contribution is 0.812. The first-order valence-corrected chi connectivity index (χ1v) is 16.0. The molecule has 2 nitrogen and oxygen atoms in total. The van der Waals surface area contributed by atoms with Crippen LogP contribution in [-0.4, -0.2) is 9.55 Å².